The molecule has 106 valence electrons. The fraction of sp³-hybridized carbons (Fsp3) is 0.250. The molecule has 0 saturated carbocycles. The molecule has 4 heteroatoms. The van der Waals surface area contributed by atoms with Crippen LogP contribution in [0.15, 0.2) is 40.9 Å². The summed E-state index contributed by atoms with van der Waals surface area (Å²) in [4.78, 5) is 0. The van der Waals surface area contributed by atoms with Crippen molar-refractivity contribution in [2.75, 3.05) is 0 Å². The van der Waals surface area contributed by atoms with E-state index in [1.807, 2.05) is 19.1 Å². The molecule has 0 heterocycles. The number of aryl methyl sites for hydroxylation is 2. The average Bonchev–Trinajstić information content (AvgIpc) is 2.40. The lowest BCUT2D eigenvalue weighted by molar-refractivity contribution is 0.527. The maximum atomic E-state index is 13.9. The molecular weight excluding hydrogens is 319 g/mol. The van der Waals surface area contributed by atoms with Crippen molar-refractivity contribution in [1.29, 1.82) is 0 Å². The number of halogens is 2. The molecule has 0 aliphatic heterocycles. The summed E-state index contributed by atoms with van der Waals surface area (Å²) in [5.74, 6) is 5.45. The van der Waals surface area contributed by atoms with Gasteiger partial charge in [-0.3, -0.25) is 11.3 Å². The van der Waals surface area contributed by atoms with Crippen LogP contribution < -0.4 is 11.3 Å². The van der Waals surface area contributed by atoms with E-state index in [0.29, 0.717) is 12.0 Å². The zero-order chi connectivity index (χ0) is 14.7. The van der Waals surface area contributed by atoms with Gasteiger partial charge in [0.25, 0.3) is 0 Å². The third kappa shape index (κ3) is 3.45. The third-order valence-corrected chi connectivity index (χ3v) is 3.93. The normalized spacial score (nSPS) is 12.4. The Kier molecular flexibility index (Phi) is 4.91. The van der Waals surface area contributed by atoms with Gasteiger partial charge in [0.15, 0.2) is 0 Å². The molecule has 0 saturated heterocycles. The number of rotatable bonds is 4. The number of nitrogens with two attached hydrogens (primary N) is 1. The highest BCUT2D eigenvalue weighted by atomic mass is 79.9. The quantitative estimate of drug-likeness (QED) is 0.655. The van der Waals surface area contributed by atoms with Crippen molar-refractivity contribution >= 4 is 15.9 Å². The number of nitrogens with one attached hydrogen (secondary N) is 1. The first kappa shape index (κ1) is 15.2. The first-order valence-electron chi connectivity index (χ1n) is 6.48. The van der Waals surface area contributed by atoms with Gasteiger partial charge in [0.2, 0.25) is 0 Å². The van der Waals surface area contributed by atoms with Crippen LogP contribution in [0.3, 0.4) is 0 Å². The van der Waals surface area contributed by atoms with Crippen LogP contribution in [0.5, 0.6) is 0 Å². The minimum atomic E-state index is -0.210. The van der Waals surface area contributed by atoms with E-state index in [0.717, 1.165) is 15.6 Å². The molecule has 2 aromatic rings. The Morgan fingerprint density at radius 1 is 1.20 bits per heavy atom. The van der Waals surface area contributed by atoms with Crippen LogP contribution >= 0.6 is 15.9 Å². The molecule has 2 aromatic carbocycles. The Morgan fingerprint density at radius 3 is 2.60 bits per heavy atom. The van der Waals surface area contributed by atoms with Crippen molar-refractivity contribution in [2.24, 2.45) is 5.84 Å². The highest BCUT2D eigenvalue weighted by molar-refractivity contribution is 9.10. The Bertz CT molecular complexity index is 613. The fourth-order valence-corrected chi connectivity index (χ4v) is 2.80. The van der Waals surface area contributed by atoms with Gasteiger partial charge >= 0.3 is 0 Å². The SMILES string of the molecule is Cc1ccc(C(Cc2cc(Br)ccc2F)NN)c(C)c1. The molecule has 0 amide bonds. The van der Waals surface area contributed by atoms with Crippen LogP contribution in [0.4, 0.5) is 4.39 Å². The molecule has 1 unspecified atom stereocenters. The van der Waals surface area contributed by atoms with E-state index in [4.69, 9.17) is 5.84 Å². The number of benzene rings is 2. The van der Waals surface area contributed by atoms with E-state index in [-0.39, 0.29) is 11.9 Å². The maximum absolute atomic E-state index is 13.9. The molecule has 0 aromatic heterocycles. The standard InChI is InChI=1S/C16H18BrFN2/c1-10-3-5-14(11(2)7-10)16(20-19)9-12-8-13(17)4-6-15(12)18/h3-8,16,20H,9,19H2,1-2H3. The second-order valence-electron chi connectivity index (χ2n) is 5.02. The molecule has 0 fully saturated rings. The number of hydrogen-bond acceptors (Lipinski definition) is 2. The Morgan fingerprint density at radius 2 is 1.95 bits per heavy atom. The van der Waals surface area contributed by atoms with Crippen molar-refractivity contribution in [3.63, 3.8) is 0 Å². The lowest BCUT2D eigenvalue weighted by atomic mass is 9.94. The molecule has 0 bridgehead atoms. The summed E-state index contributed by atoms with van der Waals surface area (Å²) in [6.45, 7) is 4.10. The Hall–Kier alpha value is -1.23. The van der Waals surface area contributed by atoms with E-state index < -0.39 is 0 Å². The van der Waals surface area contributed by atoms with E-state index in [1.165, 1.54) is 11.6 Å². The summed E-state index contributed by atoms with van der Waals surface area (Å²) < 4.78 is 14.7. The van der Waals surface area contributed by atoms with Crippen LogP contribution in [-0.4, -0.2) is 0 Å². The molecule has 1 atom stereocenters. The van der Waals surface area contributed by atoms with Gasteiger partial charge in [0.1, 0.15) is 5.82 Å². The summed E-state index contributed by atoms with van der Waals surface area (Å²) in [5.41, 5.74) is 6.89. The maximum Gasteiger partial charge on any atom is 0.126 e. The predicted octanol–water partition coefficient (Wildman–Crippen LogP) is 3.95. The van der Waals surface area contributed by atoms with Crippen molar-refractivity contribution in [2.45, 2.75) is 26.3 Å². The lowest BCUT2D eigenvalue weighted by Crippen LogP contribution is -2.30. The highest BCUT2D eigenvalue weighted by Crippen LogP contribution is 2.25. The van der Waals surface area contributed by atoms with Crippen LogP contribution in [-0.2, 0) is 6.42 Å². The Labute approximate surface area is 127 Å². The van der Waals surface area contributed by atoms with Gasteiger partial charge in [-0.2, -0.15) is 0 Å². The van der Waals surface area contributed by atoms with Crippen molar-refractivity contribution < 1.29 is 4.39 Å². The highest BCUT2D eigenvalue weighted by Gasteiger charge is 2.15. The summed E-state index contributed by atoms with van der Waals surface area (Å²) in [7, 11) is 0. The largest absolute Gasteiger partial charge is 0.271 e. The zero-order valence-electron chi connectivity index (χ0n) is 11.6. The second-order valence-corrected chi connectivity index (χ2v) is 5.93. The first-order valence-corrected chi connectivity index (χ1v) is 7.27. The van der Waals surface area contributed by atoms with Gasteiger partial charge in [-0.25, -0.2) is 4.39 Å². The molecule has 0 radical (unpaired) electrons. The summed E-state index contributed by atoms with van der Waals surface area (Å²) in [6, 6.07) is 11.0. The minimum absolute atomic E-state index is 0.112. The molecule has 0 spiro atoms. The second kappa shape index (κ2) is 6.48. The van der Waals surface area contributed by atoms with Crippen molar-refractivity contribution in [3.8, 4) is 0 Å². The topological polar surface area (TPSA) is 38.0 Å². The van der Waals surface area contributed by atoms with Crippen molar-refractivity contribution in [1.82, 2.24) is 5.43 Å². The zero-order valence-corrected chi connectivity index (χ0v) is 13.2. The van der Waals surface area contributed by atoms with Gasteiger partial charge in [0, 0.05) is 4.47 Å². The first-order chi connectivity index (χ1) is 9.51. The summed E-state index contributed by atoms with van der Waals surface area (Å²) in [5, 5.41) is 0. The summed E-state index contributed by atoms with van der Waals surface area (Å²) >= 11 is 3.37. The van der Waals surface area contributed by atoms with Gasteiger partial charge in [-0.1, -0.05) is 39.7 Å². The predicted molar refractivity (Wildman–Crippen MR) is 83.8 cm³/mol. The molecule has 0 aliphatic rings. The van der Waals surface area contributed by atoms with E-state index in [2.05, 4.69) is 34.3 Å². The minimum Gasteiger partial charge on any atom is -0.271 e. The lowest BCUT2D eigenvalue weighted by Gasteiger charge is -2.19. The van der Waals surface area contributed by atoms with Crippen LogP contribution in [0.25, 0.3) is 0 Å². The van der Waals surface area contributed by atoms with Crippen LogP contribution in [0.2, 0.25) is 0 Å². The van der Waals surface area contributed by atoms with E-state index >= 15 is 0 Å². The summed E-state index contributed by atoms with van der Waals surface area (Å²) in [6.07, 6.45) is 0.506. The third-order valence-electron chi connectivity index (χ3n) is 3.43. The van der Waals surface area contributed by atoms with E-state index in [9.17, 15) is 4.39 Å². The smallest absolute Gasteiger partial charge is 0.126 e. The van der Waals surface area contributed by atoms with Gasteiger partial charge in [-0.15, -0.1) is 0 Å². The molecule has 20 heavy (non-hydrogen) atoms. The molecule has 2 rings (SSSR count). The number of hydrazine groups is 1. The molecule has 0 aliphatic carbocycles. The monoisotopic (exact) mass is 336 g/mol. The average molecular weight is 337 g/mol. The molecular formula is C16H18BrFN2. The molecule has 2 nitrogen and oxygen atoms in total. The van der Waals surface area contributed by atoms with Crippen molar-refractivity contribution in [3.05, 3.63) is 68.9 Å². The fourth-order valence-electron chi connectivity index (χ4n) is 2.39. The van der Waals surface area contributed by atoms with E-state index in [1.54, 1.807) is 12.1 Å². The van der Waals surface area contributed by atoms with Gasteiger partial charge in [-0.05, 0) is 55.2 Å². The van der Waals surface area contributed by atoms with Crippen LogP contribution in [0.1, 0.15) is 28.3 Å². The molecule has 3 N–H and O–H groups in total. The van der Waals surface area contributed by atoms with Gasteiger partial charge < -0.3 is 0 Å². The number of hydrogen-bond donors (Lipinski definition) is 2. The van der Waals surface area contributed by atoms with Gasteiger partial charge in [0.05, 0.1) is 6.04 Å². The Balaban J connectivity index is 2.31. The van der Waals surface area contributed by atoms with Crippen LogP contribution in [0, 0.1) is 19.7 Å².